The number of rotatable bonds is 15. The number of amides is 3. The summed E-state index contributed by atoms with van der Waals surface area (Å²) in [5, 5.41) is 6.93. The second-order valence-electron chi connectivity index (χ2n) is 15.9. The molecule has 0 atom stereocenters. The van der Waals surface area contributed by atoms with E-state index in [4.69, 9.17) is 4.74 Å². The minimum Gasteiger partial charge on any atom is -0.489 e. The minimum atomic E-state index is -3.28. The average Bonchev–Trinajstić information content (AvgIpc) is 3.83. The van der Waals surface area contributed by atoms with Crippen LogP contribution in [0.15, 0.2) is 72.8 Å². The summed E-state index contributed by atoms with van der Waals surface area (Å²) < 4.78 is 34.6. The first-order valence-corrected chi connectivity index (χ1v) is 23.1. The van der Waals surface area contributed by atoms with Crippen molar-refractivity contribution in [1.82, 2.24) is 19.5 Å². The van der Waals surface area contributed by atoms with Gasteiger partial charge in [0, 0.05) is 80.6 Å². The lowest BCUT2D eigenvalue weighted by Gasteiger charge is -2.36. The maximum absolute atomic E-state index is 13.6. The van der Waals surface area contributed by atoms with Crippen LogP contribution in [0.4, 0.5) is 11.4 Å². The Bertz CT molecular complexity index is 2290. The Morgan fingerprint density at radius 2 is 1.66 bits per heavy atom. The van der Waals surface area contributed by atoms with Crippen molar-refractivity contribution in [2.45, 2.75) is 83.8 Å². The summed E-state index contributed by atoms with van der Waals surface area (Å²) in [5.74, 6) is 0.842. The van der Waals surface area contributed by atoms with Crippen LogP contribution < -0.4 is 25.2 Å². The van der Waals surface area contributed by atoms with Crippen LogP contribution in [0.5, 0.6) is 5.75 Å². The quantitative estimate of drug-likeness (QED) is 0.0978. The smallest absolute Gasteiger partial charge is 0.251 e. The fourth-order valence-corrected chi connectivity index (χ4v) is 9.76. The van der Waals surface area contributed by atoms with E-state index in [1.165, 1.54) is 22.5 Å². The first-order chi connectivity index (χ1) is 28.5. The zero-order valence-corrected chi connectivity index (χ0v) is 35.5. The molecule has 1 aliphatic carbocycles. The first-order valence-electron chi connectivity index (χ1n) is 21.2. The fraction of sp³-hybridized carbons (Fsp3) is 0.457. The van der Waals surface area contributed by atoms with E-state index < -0.39 is 10.0 Å². The highest BCUT2D eigenvalue weighted by Crippen LogP contribution is 2.45. The number of anilines is 2. The van der Waals surface area contributed by atoms with Crippen molar-refractivity contribution >= 4 is 50.0 Å². The molecule has 13 heteroatoms. The Morgan fingerprint density at radius 3 is 2.34 bits per heavy atom. The molecule has 12 nitrogen and oxygen atoms in total. The Hall–Kier alpha value is -5.14. The maximum Gasteiger partial charge on any atom is 0.251 e. The van der Waals surface area contributed by atoms with Gasteiger partial charge in [-0.05, 0) is 104 Å². The number of hydrogen-bond donors (Lipinski definition) is 2. The highest BCUT2D eigenvalue weighted by Gasteiger charge is 2.29. The third kappa shape index (κ3) is 9.68. The molecule has 3 aliphatic rings. The molecule has 2 N–H and O–H groups in total. The molecule has 3 aromatic carbocycles. The number of fused-ring (bicyclic) bond motifs is 1. The zero-order valence-electron chi connectivity index (χ0n) is 34.7. The number of ether oxygens (including phenoxy) is 1. The van der Waals surface area contributed by atoms with Gasteiger partial charge in [0.25, 0.3) is 5.91 Å². The molecule has 3 amide bonds. The van der Waals surface area contributed by atoms with E-state index in [9.17, 15) is 22.8 Å². The molecule has 0 spiro atoms. The molecule has 314 valence electrons. The number of allylic oxidation sites excluding steroid dienone is 1. The summed E-state index contributed by atoms with van der Waals surface area (Å²) in [6, 6.07) is 19.9. The van der Waals surface area contributed by atoms with E-state index in [0.717, 1.165) is 84.0 Å². The van der Waals surface area contributed by atoms with Gasteiger partial charge in [-0.25, -0.2) is 8.42 Å². The van der Waals surface area contributed by atoms with Crippen LogP contribution in [-0.4, -0.2) is 87.6 Å². The number of carbonyl (C=O) groups excluding carboxylic acids is 3. The van der Waals surface area contributed by atoms with Crippen molar-refractivity contribution in [2.75, 3.05) is 62.4 Å². The highest BCUT2D eigenvalue weighted by molar-refractivity contribution is 7.88. The van der Waals surface area contributed by atoms with Crippen molar-refractivity contribution < 1.29 is 27.5 Å². The van der Waals surface area contributed by atoms with Crippen molar-refractivity contribution in [1.29, 1.82) is 0 Å². The average molecular weight is 823 g/mol. The van der Waals surface area contributed by atoms with E-state index in [1.54, 1.807) is 7.05 Å². The number of hydrogen-bond acceptors (Lipinski definition) is 7. The zero-order chi connectivity index (χ0) is 41.5. The van der Waals surface area contributed by atoms with Crippen LogP contribution in [0, 0.1) is 0 Å². The van der Waals surface area contributed by atoms with E-state index in [1.807, 2.05) is 47.4 Å². The van der Waals surface area contributed by atoms with E-state index in [2.05, 4.69) is 57.4 Å². The number of sulfonamides is 1. The molecule has 2 aliphatic heterocycles. The maximum atomic E-state index is 13.6. The summed E-state index contributed by atoms with van der Waals surface area (Å²) in [4.78, 5) is 43.2. The highest BCUT2D eigenvalue weighted by atomic mass is 32.2. The molecular weight excluding hydrogens is 765 g/mol. The normalized spacial score (nSPS) is 17.0. The van der Waals surface area contributed by atoms with Crippen LogP contribution in [0.2, 0.25) is 0 Å². The third-order valence-corrected chi connectivity index (χ3v) is 13.3. The Kier molecular flexibility index (Phi) is 13.4. The van der Waals surface area contributed by atoms with E-state index in [0.29, 0.717) is 62.9 Å². The molecule has 7 rings (SSSR count). The van der Waals surface area contributed by atoms with Gasteiger partial charge in [-0.2, -0.15) is 4.31 Å². The van der Waals surface area contributed by atoms with Gasteiger partial charge in [-0.15, -0.1) is 0 Å². The minimum absolute atomic E-state index is 0.0834. The largest absolute Gasteiger partial charge is 0.489 e. The summed E-state index contributed by atoms with van der Waals surface area (Å²) in [5.41, 5.74) is 7.31. The Balaban J connectivity index is 1.21. The molecule has 4 aromatic rings. The van der Waals surface area contributed by atoms with Crippen molar-refractivity contribution in [3.05, 3.63) is 89.5 Å². The van der Waals surface area contributed by atoms with Crippen LogP contribution >= 0.6 is 0 Å². The second-order valence-corrected chi connectivity index (χ2v) is 17.9. The number of nitrogens with zero attached hydrogens (tertiary/aromatic N) is 4. The van der Waals surface area contributed by atoms with Crippen molar-refractivity contribution in [2.24, 2.45) is 0 Å². The molecular formula is C46H58N6O6S. The van der Waals surface area contributed by atoms with Gasteiger partial charge >= 0.3 is 0 Å². The second kappa shape index (κ2) is 18.8. The van der Waals surface area contributed by atoms with E-state index >= 15 is 0 Å². The lowest BCUT2D eigenvalue weighted by atomic mass is 9.81. The molecule has 3 heterocycles. The van der Waals surface area contributed by atoms with Gasteiger partial charge in [-0.1, -0.05) is 44.4 Å². The predicted octanol–water partition coefficient (Wildman–Crippen LogP) is 6.98. The van der Waals surface area contributed by atoms with E-state index in [-0.39, 0.29) is 30.9 Å². The molecule has 0 unspecified atom stereocenters. The number of carbonyl (C=O) groups is 3. The van der Waals surface area contributed by atoms with Gasteiger partial charge in [0.15, 0.2) is 0 Å². The Labute approximate surface area is 348 Å². The standard InChI is InChI=1S/C46H58N6O6S/c1-4-5-6-10-23-48-42(53)31-52-41-30-35(46(55)47-2)17-21-39(41)44(33-12-8-7-9-13-33)45(52)34-15-19-38(20-16-34)58-32-36-29-37(51-24-11-14-43(51)54)18-22-40(36)49-25-27-50(28-26-49)59(3,56)57/h5-6,15-22,29-30,33H,4,7-14,23-28,31-32H2,1-3H3,(H,47,55)(H,48,53)/b6-5-. The van der Waals surface area contributed by atoms with Crippen LogP contribution in [0.25, 0.3) is 22.2 Å². The van der Waals surface area contributed by atoms with Gasteiger partial charge in [0.2, 0.25) is 21.8 Å². The monoisotopic (exact) mass is 822 g/mol. The predicted molar refractivity (Wildman–Crippen MR) is 235 cm³/mol. The van der Waals surface area contributed by atoms with Crippen LogP contribution in [-0.2, 0) is 32.8 Å². The summed E-state index contributed by atoms with van der Waals surface area (Å²) in [7, 11) is -1.65. The summed E-state index contributed by atoms with van der Waals surface area (Å²) >= 11 is 0. The SMILES string of the molecule is CC/C=C\CCNC(=O)Cn1c(-c2ccc(OCc3cc(N4CCCC4=O)ccc3N3CCN(S(C)(=O)=O)CC3)cc2)c(C2CCCCC2)c2ccc(C(=O)NC)cc21. The van der Waals surface area contributed by atoms with Gasteiger partial charge in [0.05, 0.1) is 17.5 Å². The van der Waals surface area contributed by atoms with Crippen molar-refractivity contribution in [3.63, 3.8) is 0 Å². The summed E-state index contributed by atoms with van der Waals surface area (Å²) in [6.45, 7) is 5.58. The van der Waals surface area contributed by atoms with Crippen LogP contribution in [0.1, 0.15) is 92.1 Å². The Morgan fingerprint density at radius 1 is 0.898 bits per heavy atom. The van der Waals surface area contributed by atoms with Gasteiger partial charge in [0.1, 0.15) is 18.9 Å². The number of benzene rings is 3. The third-order valence-electron chi connectivity index (χ3n) is 12.0. The lowest BCUT2D eigenvalue weighted by molar-refractivity contribution is -0.121. The number of nitrogens with one attached hydrogen (secondary N) is 2. The molecule has 1 saturated carbocycles. The molecule has 0 radical (unpaired) electrons. The lowest BCUT2D eigenvalue weighted by Crippen LogP contribution is -2.48. The van der Waals surface area contributed by atoms with Crippen LogP contribution in [0.3, 0.4) is 0 Å². The fourth-order valence-electron chi connectivity index (χ4n) is 8.94. The number of piperazine rings is 1. The van der Waals surface area contributed by atoms with Crippen molar-refractivity contribution in [3.8, 4) is 17.0 Å². The molecule has 59 heavy (non-hydrogen) atoms. The van der Waals surface area contributed by atoms with Gasteiger partial charge in [-0.3, -0.25) is 14.4 Å². The summed E-state index contributed by atoms with van der Waals surface area (Å²) in [6.07, 6.45) is 14.1. The molecule has 0 bridgehead atoms. The molecule has 1 aromatic heterocycles. The molecule has 3 fully saturated rings. The topological polar surface area (TPSA) is 133 Å². The van der Waals surface area contributed by atoms with Gasteiger partial charge < -0.3 is 29.7 Å². The number of aromatic nitrogens is 1. The first kappa shape index (κ1) is 42.0. The molecule has 2 saturated heterocycles.